The minimum absolute atomic E-state index is 0.309. The molecule has 1 heterocycles. The SMILES string of the molecule is CCC1CN(C)CCCN1C(CC)C(=O)O. The zero-order chi connectivity index (χ0) is 12.1. The first-order valence-corrected chi connectivity index (χ1v) is 6.27. The van der Waals surface area contributed by atoms with E-state index >= 15 is 0 Å². The maximum Gasteiger partial charge on any atom is 0.320 e. The topological polar surface area (TPSA) is 43.8 Å². The van der Waals surface area contributed by atoms with Gasteiger partial charge >= 0.3 is 5.97 Å². The van der Waals surface area contributed by atoms with Crippen LogP contribution < -0.4 is 0 Å². The van der Waals surface area contributed by atoms with Gasteiger partial charge in [-0.15, -0.1) is 0 Å². The first-order valence-electron chi connectivity index (χ1n) is 6.27. The molecule has 1 aliphatic rings. The predicted octanol–water partition coefficient (Wildman–Crippen LogP) is 1.27. The van der Waals surface area contributed by atoms with E-state index in [2.05, 4.69) is 23.8 Å². The van der Waals surface area contributed by atoms with E-state index in [0.29, 0.717) is 12.5 Å². The molecule has 0 bridgehead atoms. The molecule has 1 rings (SSSR count). The van der Waals surface area contributed by atoms with Crippen molar-refractivity contribution in [2.24, 2.45) is 0 Å². The highest BCUT2D eigenvalue weighted by Crippen LogP contribution is 2.17. The van der Waals surface area contributed by atoms with Gasteiger partial charge in [-0.2, -0.15) is 0 Å². The van der Waals surface area contributed by atoms with Crippen molar-refractivity contribution < 1.29 is 9.90 Å². The first kappa shape index (κ1) is 13.5. The van der Waals surface area contributed by atoms with Gasteiger partial charge in [0.1, 0.15) is 6.04 Å². The van der Waals surface area contributed by atoms with Crippen molar-refractivity contribution in [3.63, 3.8) is 0 Å². The zero-order valence-corrected chi connectivity index (χ0v) is 10.6. The summed E-state index contributed by atoms with van der Waals surface area (Å²) in [7, 11) is 2.12. The van der Waals surface area contributed by atoms with Gasteiger partial charge in [0.2, 0.25) is 0 Å². The van der Waals surface area contributed by atoms with Crippen molar-refractivity contribution >= 4 is 5.97 Å². The van der Waals surface area contributed by atoms with Crippen LogP contribution in [-0.2, 0) is 4.79 Å². The minimum atomic E-state index is -0.675. The second-order valence-electron chi connectivity index (χ2n) is 4.68. The second-order valence-corrected chi connectivity index (χ2v) is 4.68. The number of likely N-dealkylation sites (N-methyl/N-ethyl adjacent to an activating group) is 1. The summed E-state index contributed by atoms with van der Waals surface area (Å²) in [5.41, 5.74) is 0. The lowest BCUT2D eigenvalue weighted by Gasteiger charge is -2.34. The summed E-state index contributed by atoms with van der Waals surface area (Å²) >= 11 is 0. The summed E-state index contributed by atoms with van der Waals surface area (Å²) < 4.78 is 0. The number of carboxylic acids is 1. The summed E-state index contributed by atoms with van der Waals surface area (Å²) in [5.74, 6) is -0.675. The standard InChI is InChI=1S/C12H24N2O2/c1-4-10-9-13(3)7-6-8-14(10)11(5-2)12(15)16/h10-11H,4-9H2,1-3H3,(H,15,16). The molecular weight excluding hydrogens is 204 g/mol. The fourth-order valence-corrected chi connectivity index (χ4v) is 2.59. The second kappa shape index (κ2) is 6.21. The van der Waals surface area contributed by atoms with Crippen LogP contribution in [0.25, 0.3) is 0 Å². The van der Waals surface area contributed by atoms with Crippen molar-refractivity contribution in [1.29, 1.82) is 0 Å². The molecule has 0 spiro atoms. The molecule has 4 nitrogen and oxygen atoms in total. The molecule has 4 heteroatoms. The van der Waals surface area contributed by atoms with Crippen molar-refractivity contribution in [3.8, 4) is 0 Å². The maximum atomic E-state index is 11.2. The largest absolute Gasteiger partial charge is 0.480 e. The third-order valence-corrected chi connectivity index (χ3v) is 3.49. The summed E-state index contributed by atoms with van der Waals surface area (Å²) in [6.07, 6.45) is 2.78. The molecule has 1 fully saturated rings. The van der Waals surface area contributed by atoms with Gasteiger partial charge in [0.25, 0.3) is 0 Å². The van der Waals surface area contributed by atoms with Crippen LogP contribution in [0.5, 0.6) is 0 Å². The summed E-state index contributed by atoms with van der Waals surface area (Å²) in [5, 5.41) is 9.24. The van der Waals surface area contributed by atoms with E-state index in [0.717, 1.165) is 32.5 Å². The number of rotatable bonds is 4. The van der Waals surface area contributed by atoms with E-state index in [-0.39, 0.29) is 6.04 Å². The van der Waals surface area contributed by atoms with Gasteiger partial charge in [0, 0.05) is 19.1 Å². The Morgan fingerprint density at radius 1 is 1.44 bits per heavy atom. The fraction of sp³-hybridized carbons (Fsp3) is 0.917. The average molecular weight is 228 g/mol. The molecule has 2 atom stereocenters. The molecule has 1 N–H and O–H groups in total. The third kappa shape index (κ3) is 3.19. The molecule has 0 aromatic rings. The molecule has 1 saturated heterocycles. The van der Waals surface area contributed by atoms with E-state index in [4.69, 9.17) is 0 Å². The Balaban J connectivity index is 2.77. The molecule has 1 aliphatic heterocycles. The van der Waals surface area contributed by atoms with Crippen molar-refractivity contribution in [1.82, 2.24) is 9.80 Å². The van der Waals surface area contributed by atoms with E-state index < -0.39 is 5.97 Å². The minimum Gasteiger partial charge on any atom is -0.480 e. The van der Waals surface area contributed by atoms with E-state index in [1.165, 1.54) is 0 Å². The fourth-order valence-electron chi connectivity index (χ4n) is 2.59. The molecule has 0 saturated carbocycles. The molecule has 0 aromatic carbocycles. The Hall–Kier alpha value is -0.610. The summed E-state index contributed by atoms with van der Waals surface area (Å²) in [6, 6.07) is 0.0741. The van der Waals surface area contributed by atoms with E-state index in [1.54, 1.807) is 0 Å². The number of hydrogen-bond acceptors (Lipinski definition) is 3. The molecule has 0 aromatic heterocycles. The summed E-state index contributed by atoms with van der Waals surface area (Å²) in [6.45, 7) is 7.07. The normalized spacial score (nSPS) is 26.3. The van der Waals surface area contributed by atoms with Crippen LogP contribution in [0.4, 0.5) is 0 Å². The highest BCUT2D eigenvalue weighted by atomic mass is 16.4. The smallest absolute Gasteiger partial charge is 0.320 e. The van der Waals surface area contributed by atoms with Crippen LogP contribution in [-0.4, -0.2) is 59.6 Å². The van der Waals surface area contributed by atoms with Gasteiger partial charge in [0.15, 0.2) is 0 Å². The lowest BCUT2D eigenvalue weighted by atomic mass is 10.1. The van der Waals surface area contributed by atoms with Gasteiger partial charge in [-0.25, -0.2) is 0 Å². The quantitative estimate of drug-likeness (QED) is 0.787. The third-order valence-electron chi connectivity index (χ3n) is 3.49. The monoisotopic (exact) mass is 228 g/mol. The average Bonchev–Trinajstić information content (AvgIpc) is 2.41. The highest BCUT2D eigenvalue weighted by molar-refractivity contribution is 5.73. The molecule has 2 unspecified atom stereocenters. The van der Waals surface area contributed by atoms with Gasteiger partial charge in [-0.05, 0) is 32.9 Å². The van der Waals surface area contributed by atoms with E-state index in [9.17, 15) is 9.90 Å². The number of nitrogens with zero attached hydrogens (tertiary/aromatic N) is 2. The van der Waals surface area contributed by atoms with Crippen LogP contribution in [0.3, 0.4) is 0 Å². The molecule has 0 amide bonds. The van der Waals surface area contributed by atoms with Gasteiger partial charge in [0.05, 0.1) is 0 Å². The van der Waals surface area contributed by atoms with Crippen LogP contribution in [0.15, 0.2) is 0 Å². The first-order chi connectivity index (χ1) is 7.60. The molecule has 94 valence electrons. The van der Waals surface area contributed by atoms with Crippen molar-refractivity contribution in [2.75, 3.05) is 26.7 Å². The number of carbonyl (C=O) groups is 1. The lowest BCUT2D eigenvalue weighted by Crippen LogP contribution is -2.49. The Labute approximate surface area is 98.2 Å². The van der Waals surface area contributed by atoms with Crippen LogP contribution in [0, 0.1) is 0 Å². The molecule has 0 radical (unpaired) electrons. The van der Waals surface area contributed by atoms with Crippen molar-refractivity contribution in [3.05, 3.63) is 0 Å². The number of aliphatic carboxylic acids is 1. The molecular formula is C12H24N2O2. The molecule has 16 heavy (non-hydrogen) atoms. The zero-order valence-electron chi connectivity index (χ0n) is 10.6. The van der Waals surface area contributed by atoms with Crippen molar-refractivity contribution in [2.45, 2.75) is 45.2 Å². The Morgan fingerprint density at radius 2 is 2.12 bits per heavy atom. The Bertz CT molecular complexity index is 233. The van der Waals surface area contributed by atoms with Gasteiger partial charge in [-0.3, -0.25) is 9.69 Å². The maximum absolute atomic E-state index is 11.2. The van der Waals surface area contributed by atoms with E-state index in [1.807, 2.05) is 6.92 Å². The van der Waals surface area contributed by atoms with Crippen LogP contribution >= 0.6 is 0 Å². The van der Waals surface area contributed by atoms with Gasteiger partial charge < -0.3 is 10.0 Å². The highest BCUT2D eigenvalue weighted by Gasteiger charge is 2.31. The van der Waals surface area contributed by atoms with Gasteiger partial charge in [-0.1, -0.05) is 13.8 Å². The lowest BCUT2D eigenvalue weighted by molar-refractivity contribution is -0.144. The number of hydrogen-bond donors (Lipinski definition) is 1. The Morgan fingerprint density at radius 3 is 2.62 bits per heavy atom. The molecule has 0 aliphatic carbocycles. The summed E-state index contributed by atoms with van der Waals surface area (Å²) in [4.78, 5) is 15.7. The number of carboxylic acid groups (broad SMARTS) is 1. The van der Waals surface area contributed by atoms with Crippen LogP contribution in [0.2, 0.25) is 0 Å². The Kier molecular flexibility index (Phi) is 5.22. The van der Waals surface area contributed by atoms with Crippen LogP contribution in [0.1, 0.15) is 33.1 Å². The predicted molar refractivity (Wildman–Crippen MR) is 64.6 cm³/mol.